The van der Waals surface area contributed by atoms with Gasteiger partial charge < -0.3 is 14.8 Å². The fraction of sp³-hybridized carbons (Fsp3) is 0.412. The smallest absolute Gasteiger partial charge is 0.270 e. The van der Waals surface area contributed by atoms with Gasteiger partial charge in [-0.25, -0.2) is 9.37 Å². The number of benzene rings is 1. The van der Waals surface area contributed by atoms with E-state index in [1.54, 1.807) is 6.92 Å². The van der Waals surface area contributed by atoms with Crippen LogP contribution in [-0.4, -0.2) is 37.3 Å². The van der Waals surface area contributed by atoms with Crippen molar-refractivity contribution in [1.82, 2.24) is 10.3 Å². The first-order valence-electron chi connectivity index (χ1n) is 7.63. The molecule has 3 rings (SSSR count). The highest BCUT2D eigenvalue weighted by molar-refractivity contribution is 5.97. The van der Waals surface area contributed by atoms with E-state index in [0.717, 1.165) is 19.4 Å². The van der Waals surface area contributed by atoms with Crippen molar-refractivity contribution in [1.29, 1.82) is 0 Å². The number of aryl methyl sites for hydroxylation is 1. The molecule has 0 radical (unpaired) electrons. The Bertz CT molecular complexity index is 742. The molecule has 1 amide bonds. The van der Waals surface area contributed by atoms with Crippen LogP contribution in [0.15, 0.2) is 18.2 Å². The number of pyridine rings is 1. The van der Waals surface area contributed by atoms with Crippen LogP contribution in [0.5, 0.6) is 5.75 Å². The van der Waals surface area contributed by atoms with E-state index in [2.05, 4.69) is 10.3 Å². The van der Waals surface area contributed by atoms with E-state index in [-0.39, 0.29) is 23.5 Å². The number of aromatic nitrogens is 1. The predicted octanol–water partition coefficient (Wildman–Crippen LogP) is 2.60. The molecule has 0 spiro atoms. The lowest BCUT2D eigenvalue weighted by Gasteiger charge is -2.13. The third kappa shape index (κ3) is 3.27. The molecule has 0 saturated carbocycles. The zero-order valence-electron chi connectivity index (χ0n) is 13.2. The second kappa shape index (κ2) is 6.50. The summed E-state index contributed by atoms with van der Waals surface area (Å²) in [6.07, 6.45) is 2.04. The fourth-order valence-electron chi connectivity index (χ4n) is 2.81. The number of halogens is 1. The maximum Gasteiger partial charge on any atom is 0.270 e. The van der Waals surface area contributed by atoms with Crippen molar-refractivity contribution in [2.45, 2.75) is 25.9 Å². The highest BCUT2D eigenvalue weighted by atomic mass is 19.1. The van der Waals surface area contributed by atoms with Crippen molar-refractivity contribution in [3.05, 3.63) is 35.3 Å². The lowest BCUT2D eigenvalue weighted by atomic mass is 10.1. The number of nitrogens with one attached hydrogen (secondary N) is 1. The molecular weight excluding hydrogens is 299 g/mol. The summed E-state index contributed by atoms with van der Waals surface area (Å²) in [7, 11) is 1.49. The molecule has 23 heavy (non-hydrogen) atoms. The molecule has 0 bridgehead atoms. The van der Waals surface area contributed by atoms with Gasteiger partial charge in [-0.05, 0) is 37.5 Å². The topological polar surface area (TPSA) is 60.5 Å². The molecule has 2 heterocycles. The number of hydrogen-bond donors (Lipinski definition) is 1. The molecule has 1 aliphatic rings. The molecule has 1 saturated heterocycles. The minimum atomic E-state index is -0.356. The summed E-state index contributed by atoms with van der Waals surface area (Å²) in [5, 5.41) is 3.39. The summed E-state index contributed by atoms with van der Waals surface area (Å²) in [5.74, 6) is -0.213. The summed E-state index contributed by atoms with van der Waals surface area (Å²) >= 11 is 0. The molecule has 6 heteroatoms. The molecule has 0 unspecified atom stereocenters. The fourth-order valence-corrected chi connectivity index (χ4v) is 2.81. The van der Waals surface area contributed by atoms with E-state index < -0.39 is 0 Å². The number of rotatable bonds is 4. The Kier molecular flexibility index (Phi) is 4.43. The van der Waals surface area contributed by atoms with E-state index in [1.807, 2.05) is 0 Å². The Morgan fingerprint density at radius 3 is 3.00 bits per heavy atom. The second-order valence-electron chi connectivity index (χ2n) is 5.67. The molecule has 1 fully saturated rings. The number of carbonyl (C=O) groups is 1. The van der Waals surface area contributed by atoms with Crippen molar-refractivity contribution in [3.63, 3.8) is 0 Å². The molecule has 1 aromatic heterocycles. The summed E-state index contributed by atoms with van der Waals surface area (Å²) in [5.41, 5.74) is 1.47. The normalized spacial score (nSPS) is 17.4. The van der Waals surface area contributed by atoms with Crippen molar-refractivity contribution in [3.8, 4) is 5.75 Å². The van der Waals surface area contributed by atoms with Crippen LogP contribution in [0.3, 0.4) is 0 Å². The molecule has 2 aromatic rings. The minimum Gasteiger partial charge on any atom is -0.496 e. The Morgan fingerprint density at radius 1 is 1.48 bits per heavy atom. The van der Waals surface area contributed by atoms with E-state index >= 15 is 0 Å². The van der Waals surface area contributed by atoms with Crippen LogP contribution in [-0.2, 0) is 4.74 Å². The zero-order valence-corrected chi connectivity index (χ0v) is 13.2. The molecule has 1 atom stereocenters. The number of methoxy groups -OCH3 is 1. The minimum absolute atomic E-state index is 0.0668. The predicted molar refractivity (Wildman–Crippen MR) is 84.3 cm³/mol. The largest absolute Gasteiger partial charge is 0.496 e. The quantitative estimate of drug-likeness (QED) is 0.941. The van der Waals surface area contributed by atoms with Gasteiger partial charge in [0, 0.05) is 24.6 Å². The number of hydrogen-bond acceptors (Lipinski definition) is 4. The van der Waals surface area contributed by atoms with Crippen molar-refractivity contribution < 1.29 is 18.7 Å². The van der Waals surface area contributed by atoms with Crippen LogP contribution in [0.25, 0.3) is 10.9 Å². The van der Waals surface area contributed by atoms with Gasteiger partial charge in [-0.15, -0.1) is 0 Å². The van der Waals surface area contributed by atoms with Gasteiger partial charge in [0.2, 0.25) is 0 Å². The second-order valence-corrected chi connectivity index (χ2v) is 5.67. The van der Waals surface area contributed by atoms with Crippen LogP contribution < -0.4 is 10.1 Å². The van der Waals surface area contributed by atoms with E-state index in [0.29, 0.717) is 28.8 Å². The van der Waals surface area contributed by atoms with E-state index in [1.165, 1.54) is 25.3 Å². The summed E-state index contributed by atoms with van der Waals surface area (Å²) in [4.78, 5) is 16.7. The molecule has 0 aliphatic carbocycles. The molecular formula is C17H19FN2O3. The molecule has 1 N–H and O–H groups in total. The Labute approximate surface area is 133 Å². The highest BCUT2D eigenvalue weighted by Gasteiger charge is 2.19. The lowest BCUT2D eigenvalue weighted by molar-refractivity contribution is 0.0854. The molecule has 122 valence electrons. The monoisotopic (exact) mass is 318 g/mol. The first kappa shape index (κ1) is 15.7. The van der Waals surface area contributed by atoms with Gasteiger partial charge in [0.05, 0.1) is 18.7 Å². The van der Waals surface area contributed by atoms with Gasteiger partial charge in [-0.1, -0.05) is 0 Å². The number of amides is 1. The Balaban J connectivity index is 1.89. The van der Waals surface area contributed by atoms with Gasteiger partial charge in [0.25, 0.3) is 5.91 Å². The summed E-state index contributed by atoms with van der Waals surface area (Å²) in [6, 6.07) is 4.29. The maximum absolute atomic E-state index is 13.6. The number of nitrogens with zero attached hydrogens (tertiary/aromatic N) is 1. The van der Waals surface area contributed by atoms with Gasteiger partial charge in [-0.3, -0.25) is 4.79 Å². The lowest BCUT2D eigenvalue weighted by Crippen LogP contribution is -2.32. The van der Waals surface area contributed by atoms with Crippen LogP contribution in [0.4, 0.5) is 4.39 Å². The van der Waals surface area contributed by atoms with E-state index in [4.69, 9.17) is 9.47 Å². The molecule has 5 nitrogen and oxygen atoms in total. The zero-order chi connectivity index (χ0) is 16.4. The van der Waals surface area contributed by atoms with Crippen LogP contribution in [0, 0.1) is 12.7 Å². The third-order valence-corrected chi connectivity index (χ3v) is 4.00. The van der Waals surface area contributed by atoms with Gasteiger partial charge >= 0.3 is 0 Å². The van der Waals surface area contributed by atoms with Gasteiger partial charge in [0.15, 0.2) is 0 Å². The number of ether oxygens (including phenoxy) is 2. The average molecular weight is 318 g/mol. The van der Waals surface area contributed by atoms with Crippen molar-refractivity contribution >= 4 is 16.8 Å². The first-order valence-corrected chi connectivity index (χ1v) is 7.63. The van der Waals surface area contributed by atoms with Crippen LogP contribution in [0.2, 0.25) is 0 Å². The highest BCUT2D eigenvalue weighted by Crippen LogP contribution is 2.28. The Morgan fingerprint density at radius 2 is 2.30 bits per heavy atom. The first-order chi connectivity index (χ1) is 11.1. The van der Waals surface area contributed by atoms with Crippen molar-refractivity contribution in [2.75, 3.05) is 20.3 Å². The third-order valence-electron chi connectivity index (χ3n) is 4.00. The number of carbonyl (C=O) groups excluding carboxylic acids is 1. The van der Waals surface area contributed by atoms with Gasteiger partial charge in [0.1, 0.15) is 17.3 Å². The van der Waals surface area contributed by atoms with Crippen LogP contribution >= 0.6 is 0 Å². The summed E-state index contributed by atoms with van der Waals surface area (Å²) in [6.45, 7) is 2.96. The molecule has 1 aromatic carbocycles. The van der Waals surface area contributed by atoms with Crippen LogP contribution in [0.1, 0.15) is 28.9 Å². The van der Waals surface area contributed by atoms with E-state index in [9.17, 15) is 9.18 Å². The molecule has 1 aliphatic heterocycles. The average Bonchev–Trinajstić information content (AvgIpc) is 3.05. The standard InChI is InChI=1S/C17H19FN2O3/c1-10-6-11(18)7-13-15(22-2)8-14(20-16(10)13)17(21)19-9-12-4-3-5-23-12/h6-8,12H,3-5,9H2,1-2H3,(H,19,21)/t12-/m1/s1. The SMILES string of the molecule is COc1cc(C(=O)NC[C@H]2CCCO2)nc2c(C)cc(F)cc12. The number of fused-ring (bicyclic) bond motifs is 1. The van der Waals surface area contributed by atoms with Gasteiger partial charge in [-0.2, -0.15) is 0 Å². The van der Waals surface area contributed by atoms with Crippen molar-refractivity contribution in [2.24, 2.45) is 0 Å². The Hall–Kier alpha value is -2.21. The summed E-state index contributed by atoms with van der Waals surface area (Å²) < 4.78 is 24.4. The maximum atomic E-state index is 13.6.